The number of Topliss-reactive ketones (excluding diaryl/α,β-unsaturated/α-hetero) is 1. The molecule has 17 heavy (non-hydrogen) atoms. The van der Waals surface area contributed by atoms with E-state index in [1.165, 1.54) is 16.7 Å². The first-order chi connectivity index (χ1) is 8.27. The summed E-state index contributed by atoms with van der Waals surface area (Å²) < 4.78 is 0. The average Bonchev–Trinajstić information content (AvgIpc) is 2.67. The molecule has 0 saturated carbocycles. The quantitative estimate of drug-likeness (QED) is 0.718. The van der Waals surface area contributed by atoms with Crippen molar-refractivity contribution < 1.29 is 4.79 Å². The van der Waals surface area contributed by atoms with Crippen LogP contribution in [0.1, 0.15) is 22.8 Å². The smallest absolute Gasteiger partial charge is 0.166 e. The number of fused-ring (bicyclic) bond motifs is 1. The fourth-order valence-corrected chi connectivity index (χ4v) is 2.59. The van der Waals surface area contributed by atoms with Crippen LogP contribution < -0.4 is 0 Å². The monoisotopic (exact) mass is 222 g/mol. The lowest BCUT2D eigenvalue weighted by atomic mass is 9.97. The number of carbonyl (C=O) groups excluding carboxylic acids is 1. The number of ketones is 1. The number of hydrogen-bond donors (Lipinski definition) is 0. The third kappa shape index (κ3) is 1.59. The van der Waals surface area contributed by atoms with E-state index in [-0.39, 0.29) is 11.7 Å². The summed E-state index contributed by atoms with van der Waals surface area (Å²) in [6.45, 7) is 2.01. The van der Waals surface area contributed by atoms with E-state index in [1.807, 2.05) is 37.3 Å². The van der Waals surface area contributed by atoms with Crippen LogP contribution in [0.3, 0.4) is 0 Å². The summed E-state index contributed by atoms with van der Waals surface area (Å²) in [5, 5.41) is 0. The molecule has 1 nitrogen and oxygen atoms in total. The molecule has 2 aromatic carbocycles. The first-order valence-electron chi connectivity index (χ1n) is 5.99. The molecule has 1 atom stereocenters. The molecule has 0 heterocycles. The maximum Gasteiger partial charge on any atom is 0.166 e. The molecule has 0 N–H and O–H groups in total. The van der Waals surface area contributed by atoms with Crippen LogP contribution in [0.4, 0.5) is 0 Å². The van der Waals surface area contributed by atoms with Crippen molar-refractivity contribution in [2.45, 2.75) is 13.3 Å². The maximum atomic E-state index is 12.0. The van der Waals surface area contributed by atoms with Crippen LogP contribution in [0.5, 0.6) is 0 Å². The molecule has 3 rings (SSSR count). The van der Waals surface area contributed by atoms with E-state index in [0.717, 1.165) is 12.0 Å². The molecule has 0 saturated heterocycles. The highest BCUT2D eigenvalue weighted by molar-refractivity contribution is 6.03. The lowest BCUT2D eigenvalue weighted by Gasteiger charge is -2.07. The van der Waals surface area contributed by atoms with E-state index >= 15 is 0 Å². The zero-order chi connectivity index (χ0) is 11.8. The van der Waals surface area contributed by atoms with E-state index < -0.39 is 0 Å². The van der Waals surface area contributed by atoms with Gasteiger partial charge in [0.05, 0.1) is 0 Å². The summed E-state index contributed by atoms with van der Waals surface area (Å²) in [7, 11) is 0. The summed E-state index contributed by atoms with van der Waals surface area (Å²) in [4.78, 5) is 12.0. The van der Waals surface area contributed by atoms with Gasteiger partial charge in [0, 0.05) is 11.5 Å². The Morgan fingerprint density at radius 1 is 0.941 bits per heavy atom. The van der Waals surface area contributed by atoms with Gasteiger partial charge in [0.25, 0.3) is 0 Å². The highest BCUT2D eigenvalue weighted by Crippen LogP contribution is 2.34. The molecule has 0 spiro atoms. The Morgan fingerprint density at radius 2 is 1.65 bits per heavy atom. The minimum absolute atomic E-state index is 0.134. The third-order valence-electron chi connectivity index (χ3n) is 3.48. The van der Waals surface area contributed by atoms with E-state index in [9.17, 15) is 4.79 Å². The summed E-state index contributed by atoms with van der Waals surface area (Å²) in [5.74, 6) is 0.424. The fraction of sp³-hybridized carbons (Fsp3) is 0.188. The molecule has 84 valence electrons. The summed E-state index contributed by atoms with van der Waals surface area (Å²) in [6.07, 6.45) is 0.874. The zero-order valence-electron chi connectivity index (χ0n) is 9.81. The Kier molecular flexibility index (Phi) is 2.32. The van der Waals surface area contributed by atoms with Crippen LogP contribution >= 0.6 is 0 Å². The van der Waals surface area contributed by atoms with Crippen LogP contribution in [-0.2, 0) is 6.42 Å². The lowest BCUT2D eigenvalue weighted by molar-refractivity contribution is 0.0946. The Morgan fingerprint density at radius 3 is 2.41 bits per heavy atom. The zero-order valence-corrected chi connectivity index (χ0v) is 9.81. The summed E-state index contributed by atoms with van der Waals surface area (Å²) in [6, 6.07) is 16.3. The molecule has 1 aliphatic rings. The molecule has 0 amide bonds. The molecule has 0 aliphatic heterocycles. The average molecular weight is 222 g/mol. The topological polar surface area (TPSA) is 17.1 Å². The van der Waals surface area contributed by atoms with Gasteiger partial charge in [-0.1, -0.05) is 55.5 Å². The van der Waals surface area contributed by atoms with Gasteiger partial charge in [0.1, 0.15) is 0 Å². The number of hydrogen-bond acceptors (Lipinski definition) is 1. The molecule has 0 radical (unpaired) electrons. The molecule has 0 fully saturated rings. The van der Waals surface area contributed by atoms with Gasteiger partial charge in [-0.15, -0.1) is 0 Å². The SMILES string of the molecule is C[C@H]1Cc2c(cccc2-c2ccccc2)C1=O. The standard InChI is InChI=1S/C16H14O/c1-11-10-15-13(12-6-3-2-4-7-12)8-5-9-14(15)16(11)17/h2-9,11H,10H2,1H3/t11-/m0/s1. The molecule has 0 unspecified atom stereocenters. The minimum atomic E-state index is 0.134. The normalized spacial score (nSPS) is 18.2. The predicted octanol–water partition coefficient (Wildman–Crippen LogP) is 3.73. The predicted molar refractivity (Wildman–Crippen MR) is 69.1 cm³/mol. The van der Waals surface area contributed by atoms with Crippen LogP contribution in [-0.4, -0.2) is 5.78 Å². The van der Waals surface area contributed by atoms with E-state index in [4.69, 9.17) is 0 Å². The second kappa shape index (κ2) is 3.85. The van der Waals surface area contributed by atoms with Gasteiger partial charge in [-0.05, 0) is 23.1 Å². The van der Waals surface area contributed by atoms with Gasteiger partial charge in [0.15, 0.2) is 5.78 Å². The Hall–Kier alpha value is -1.89. The van der Waals surface area contributed by atoms with Crippen molar-refractivity contribution in [3.8, 4) is 11.1 Å². The summed E-state index contributed by atoms with van der Waals surface area (Å²) >= 11 is 0. The first kappa shape index (κ1) is 10.3. The molecule has 1 aliphatic carbocycles. The van der Waals surface area contributed by atoms with E-state index in [0.29, 0.717) is 0 Å². The lowest BCUT2D eigenvalue weighted by Crippen LogP contribution is -2.02. The first-order valence-corrected chi connectivity index (χ1v) is 5.99. The fourth-order valence-electron chi connectivity index (χ4n) is 2.59. The molecule has 1 heteroatoms. The van der Waals surface area contributed by atoms with Gasteiger partial charge in [-0.2, -0.15) is 0 Å². The van der Waals surface area contributed by atoms with Crippen molar-refractivity contribution in [3.05, 3.63) is 59.7 Å². The second-order valence-corrected chi connectivity index (χ2v) is 4.67. The van der Waals surface area contributed by atoms with Crippen LogP contribution in [0, 0.1) is 5.92 Å². The van der Waals surface area contributed by atoms with E-state index in [2.05, 4.69) is 18.2 Å². The Bertz CT molecular complexity index is 569. The largest absolute Gasteiger partial charge is 0.294 e. The van der Waals surface area contributed by atoms with Gasteiger partial charge < -0.3 is 0 Å². The van der Waals surface area contributed by atoms with Crippen molar-refractivity contribution in [1.29, 1.82) is 0 Å². The van der Waals surface area contributed by atoms with Gasteiger partial charge in [-0.25, -0.2) is 0 Å². The van der Waals surface area contributed by atoms with Crippen LogP contribution in [0.15, 0.2) is 48.5 Å². The molecular weight excluding hydrogens is 208 g/mol. The van der Waals surface area contributed by atoms with Crippen LogP contribution in [0.25, 0.3) is 11.1 Å². The highest BCUT2D eigenvalue weighted by atomic mass is 16.1. The van der Waals surface area contributed by atoms with Gasteiger partial charge in [0.2, 0.25) is 0 Å². The highest BCUT2D eigenvalue weighted by Gasteiger charge is 2.28. The van der Waals surface area contributed by atoms with Gasteiger partial charge >= 0.3 is 0 Å². The Balaban J connectivity index is 2.19. The van der Waals surface area contributed by atoms with Crippen LogP contribution in [0.2, 0.25) is 0 Å². The number of benzene rings is 2. The van der Waals surface area contributed by atoms with Crippen molar-refractivity contribution in [1.82, 2.24) is 0 Å². The van der Waals surface area contributed by atoms with Crippen molar-refractivity contribution >= 4 is 5.78 Å². The second-order valence-electron chi connectivity index (χ2n) is 4.67. The third-order valence-corrected chi connectivity index (χ3v) is 3.48. The Labute approximate surface area is 101 Å². The molecule has 2 aromatic rings. The van der Waals surface area contributed by atoms with E-state index in [1.54, 1.807) is 0 Å². The number of rotatable bonds is 1. The molecule has 0 aromatic heterocycles. The number of carbonyl (C=O) groups is 1. The van der Waals surface area contributed by atoms with Crippen molar-refractivity contribution in [3.63, 3.8) is 0 Å². The van der Waals surface area contributed by atoms with Gasteiger partial charge in [-0.3, -0.25) is 4.79 Å². The summed E-state index contributed by atoms with van der Waals surface area (Å²) in [5.41, 5.74) is 4.54. The minimum Gasteiger partial charge on any atom is -0.294 e. The van der Waals surface area contributed by atoms with Crippen molar-refractivity contribution in [2.24, 2.45) is 5.92 Å². The maximum absolute atomic E-state index is 12.0. The molecular formula is C16H14O. The molecule has 0 bridgehead atoms. The van der Waals surface area contributed by atoms with Crippen molar-refractivity contribution in [2.75, 3.05) is 0 Å².